The molecule has 0 saturated carbocycles. The van der Waals surface area contributed by atoms with Crippen molar-refractivity contribution in [2.75, 3.05) is 11.4 Å². The fourth-order valence-corrected chi connectivity index (χ4v) is 4.86. The molecule has 8 heteroatoms. The van der Waals surface area contributed by atoms with Crippen molar-refractivity contribution in [3.05, 3.63) is 49.9 Å². The van der Waals surface area contributed by atoms with Crippen molar-refractivity contribution < 1.29 is 4.79 Å². The van der Waals surface area contributed by atoms with Gasteiger partial charge in [-0.05, 0) is 43.9 Å². The van der Waals surface area contributed by atoms with Gasteiger partial charge in [-0.3, -0.25) is 9.59 Å². The number of anilines is 1. The Bertz CT molecular complexity index is 915. The van der Waals surface area contributed by atoms with Crippen LogP contribution in [-0.4, -0.2) is 27.7 Å². The zero-order valence-electron chi connectivity index (χ0n) is 13.2. The smallest absolute Gasteiger partial charge is 0.254 e. The first-order chi connectivity index (χ1) is 12.0. The van der Waals surface area contributed by atoms with Crippen LogP contribution in [0.3, 0.4) is 0 Å². The Balaban J connectivity index is 1.54. The number of nitrogens with zero attached hydrogens (tertiary/aromatic N) is 2. The Hall–Kier alpha value is -1.50. The molecule has 1 amide bonds. The van der Waals surface area contributed by atoms with Gasteiger partial charge in [0.25, 0.3) is 5.56 Å². The number of hydrogen-bond donors (Lipinski definition) is 1. The van der Waals surface area contributed by atoms with Crippen molar-refractivity contribution in [2.45, 2.75) is 36.1 Å². The molecule has 25 heavy (non-hydrogen) atoms. The molecule has 2 aliphatic rings. The van der Waals surface area contributed by atoms with E-state index in [1.165, 1.54) is 11.8 Å². The summed E-state index contributed by atoms with van der Waals surface area (Å²) in [7, 11) is 0. The highest BCUT2D eigenvalue weighted by atomic mass is 35.5. The van der Waals surface area contributed by atoms with Crippen LogP contribution in [0, 0.1) is 0 Å². The average Bonchev–Trinajstić information content (AvgIpc) is 3.16. The zero-order valence-corrected chi connectivity index (χ0v) is 15.5. The van der Waals surface area contributed by atoms with E-state index in [2.05, 4.69) is 9.97 Å². The molecule has 1 aliphatic carbocycles. The van der Waals surface area contributed by atoms with Crippen LogP contribution >= 0.6 is 35.0 Å². The molecular formula is C17H15Cl2N3O2S. The van der Waals surface area contributed by atoms with E-state index in [0.717, 1.165) is 30.5 Å². The summed E-state index contributed by atoms with van der Waals surface area (Å²) in [6, 6.07) is 5.10. The summed E-state index contributed by atoms with van der Waals surface area (Å²) in [5.74, 6) is -0.0302. The Kier molecular flexibility index (Phi) is 4.52. The van der Waals surface area contributed by atoms with Crippen LogP contribution in [0.25, 0.3) is 0 Å². The molecule has 1 fully saturated rings. The van der Waals surface area contributed by atoms with Gasteiger partial charge < -0.3 is 9.88 Å². The number of fused-ring (bicyclic) bond motifs is 1. The van der Waals surface area contributed by atoms with Gasteiger partial charge in [0.15, 0.2) is 5.16 Å². The van der Waals surface area contributed by atoms with Gasteiger partial charge in [0.05, 0.1) is 21.7 Å². The minimum absolute atomic E-state index is 0.0302. The predicted molar refractivity (Wildman–Crippen MR) is 100.0 cm³/mol. The fourth-order valence-electron chi connectivity index (χ4n) is 3.31. The molecule has 1 N–H and O–H groups in total. The van der Waals surface area contributed by atoms with Gasteiger partial charge in [-0.2, -0.15) is 0 Å². The van der Waals surface area contributed by atoms with Gasteiger partial charge in [0, 0.05) is 17.1 Å². The van der Waals surface area contributed by atoms with E-state index in [0.29, 0.717) is 33.9 Å². The van der Waals surface area contributed by atoms with Gasteiger partial charge in [-0.25, -0.2) is 4.98 Å². The SMILES string of the molecule is O=C1C(Sc2nc3c(c(=O)[nH]2)CCC3)CCN1c1ccc(Cl)cc1Cl. The number of aromatic amines is 1. The molecule has 1 atom stereocenters. The van der Waals surface area contributed by atoms with Gasteiger partial charge in [-0.15, -0.1) is 0 Å². The van der Waals surface area contributed by atoms with Crippen molar-refractivity contribution >= 4 is 46.6 Å². The second kappa shape index (κ2) is 6.67. The minimum Gasteiger partial charge on any atom is -0.310 e. The highest BCUT2D eigenvalue weighted by molar-refractivity contribution is 8.00. The largest absolute Gasteiger partial charge is 0.310 e. The number of carbonyl (C=O) groups is 1. The maximum Gasteiger partial charge on any atom is 0.254 e. The Morgan fingerprint density at radius 2 is 2.08 bits per heavy atom. The topological polar surface area (TPSA) is 66.1 Å². The van der Waals surface area contributed by atoms with Crippen molar-refractivity contribution in [3.63, 3.8) is 0 Å². The van der Waals surface area contributed by atoms with E-state index >= 15 is 0 Å². The number of amides is 1. The van der Waals surface area contributed by atoms with Crippen LogP contribution in [0.15, 0.2) is 28.2 Å². The lowest BCUT2D eigenvalue weighted by molar-refractivity contribution is -0.116. The lowest BCUT2D eigenvalue weighted by atomic mass is 10.3. The van der Waals surface area contributed by atoms with Crippen LogP contribution in [0.4, 0.5) is 5.69 Å². The normalized spacial score (nSPS) is 19.5. The summed E-state index contributed by atoms with van der Waals surface area (Å²) in [5, 5.41) is 1.23. The third-order valence-electron chi connectivity index (χ3n) is 4.53. The number of thioether (sulfide) groups is 1. The summed E-state index contributed by atoms with van der Waals surface area (Å²) < 4.78 is 0. The number of rotatable bonds is 3. The number of H-pyrrole nitrogens is 1. The number of halogens is 2. The highest BCUT2D eigenvalue weighted by Crippen LogP contribution is 2.36. The third-order valence-corrected chi connectivity index (χ3v) is 6.21. The summed E-state index contributed by atoms with van der Waals surface area (Å²) >= 11 is 13.5. The van der Waals surface area contributed by atoms with Gasteiger partial charge >= 0.3 is 0 Å². The average molecular weight is 396 g/mol. The standard InChI is InChI=1S/C17H15Cl2N3O2S/c18-9-4-5-13(11(19)8-9)22-7-6-14(16(22)24)25-17-20-12-3-1-2-10(12)15(23)21-17/h4-5,8,14H,1-3,6-7H2,(H,20,21,23). The molecule has 5 nitrogen and oxygen atoms in total. The molecule has 130 valence electrons. The summed E-state index contributed by atoms with van der Waals surface area (Å²) in [5.41, 5.74) is 2.24. The molecule has 1 saturated heterocycles. The molecule has 2 heterocycles. The summed E-state index contributed by atoms with van der Waals surface area (Å²) in [6.07, 6.45) is 3.25. The Labute approximate surface area is 158 Å². The van der Waals surface area contributed by atoms with E-state index in [1.807, 2.05) is 0 Å². The first-order valence-corrected chi connectivity index (χ1v) is 9.71. The first kappa shape index (κ1) is 16.9. The van der Waals surface area contributed by atoms with Gasteiger partial charge in [0.1, 0.15) is 0 Å². The molecule has 4 rings (SSSR count). The van der Waals surface area contributed by atoms with E-state index in [9.17, 15) is 9.59 Å². The second-order valence-electron chi connectivity index (χ2n) is 6.13. The maximum absolute atomic E-state index is 12.8. The highest BCUT2D eigenvalue weighted by Gasteiger charge is 2.35. The first-order valence-electron chi connectivity index (χ1n) is 8.08. The number of aryl methyl sites for hydroxylation is 1. The van der Waals surface area contributed by atoms with Crippen LogP contribution in [0.1, 0.15) is 24.1 Å². The number of carbonyl (C=O) groups excluding carboxylic acids is 1. The van der Waals surface area contributed by atoms with Gasteiger partial charge in [0.2, 0.25) is 5.91 Å². The molecule has 1 unspecified atom stereocenters. The number of benzene rings is 1. The van der Waals surface area contributed by atoms with Crippen LogP contribution in [0.2, 0.25) is 10.0 Å². The number of nitrogens with one attached hydrogen (secondary N) is 1. The second-order valence-corrected chi connectivity index (χ2v) is 8.17. The molecule has 1 aromatic heterocycles. The monoisotopic (exact) mass is 395 g/mol. The van der Waals surface area contributed by atoms with E-state index in [1.54, 1.807) is 23.1 Å². The zero-order chi connectivity index (χ0) is 17.6. The molecular weight excluding hydrogens is 381 g/mol. The molecule has 1 aromatic carbocycles. The molecule has 0 spiro atoms. The molecule has 2 aromatic rings. The fraction of sp³-hybridized carbons (Fsp3) is 0.353. The quantitative estimate of drug-likeness (QED) is 0.807. The predicted octanol–water partition coefficient (Wildman–Crippen LogP) is 3.46. The molecule has 0 bridgehead atoms. The third kappa shape index (κ3) is 3.18. The van der Waals surface area contributed by atoms with E-state index in [-0.39, 0.29) is 16.7 Å². The summed E-state index contributed by atoms with van der Waals surface area (Å²) in [4.78, 5) is 33.9. The molecule has 1 aliphatic heterocycles. The van der Waals surface area contributed by atoms with E-state index < -0.39 is 0 Å². The van der Waals surface area contributed by atoms with E-state index in [4.69, 9.17) is 23.2 Å². The minimum atomic E-state index is -0.283. The van der Waals surface area contributed by atoms with Crippen molar-refractivity contribution in [3.8, 4) is 0 Å². The van der Waals surface area contributed by atoms with Crippen molar-refractivity contribution in [1.82, 2.24) is 9.97 Å². The summed E-state index contributed by atoms with van der Waals surface area (Å²) in [6.45, 7) is 0.576. The Morgan fingerprint density at radius 1 is 1.24 bits per heavy atom. The van der Waals surface area contributed by atoms with Crippen LogP contribution in [0.5, 0.6) is 0 Å². The Morgan fingerprint density at radius 3 is 2.88 bits per heavy atom. The lowest BCUT2D eigenvalue weighted by Crippen LogP contribution is -2.28. The van der Waals surface area contributed by atoms with Crippen LogP contribution < -0.4 is 10.5 Å². The van der Waals surface area contributed by atoms with Crippen molar-refractivity contribution in [1.29, 1.82) is 0 Å². The molecule has 0 radical (unpaired) electrons. The van der Waals surface area contributed by atoms with Crippen molar-refractivity contribution in [2.24, 2.45) is 0 Å². The van der Waals surface area contributed by atoms with Crippen LogP contribution in [-0.2, 0) is 17.6 Å². The lowest BCUT2D eigenvalue weighted by Gasteiger charge is -2.18. The maximum atomic E-state index is 12.8. The number of hydrogen-bond acceptors (Lipinski definition) is 4. The van der Waals surface area contributed by atoms with Gasteiger partial charge in [-0.1, -0.05) is 35.0 Å². The number of aromatic nitrogens is 2.